The number of hydrogen-bond acceptors (Lipinski definition) is 7. The van der Waals surface area contributed by atoms with Gasteiger partial charge in [-0.25, -0.2) is 9.79 Å². The lowest BCUT2D eigenvalue weighted by Crippen LogP contribution is -2.39. The minimum Gasteiger partial charge on any atom is -0.493 e. The third-order valence-electron chi connectivity index (χ3n) is 7.45. The van der Waals surface area contributed by atoms with Gasteiger partial charge in [0.15, 0.2) is 16.3 Å². The smallest absolute Gasteiger partial charge is 0.338 e. The number of halogens is 1. The van der Waals surface area contributed by atoms with E-state index < -0.39 is 12.0 Å². The quantitative estimate of drug-likeness (QED) is 0.192. The van der Waals surface area contributed by atoms with Gasteiger partial charge in [-0.3, -0.25) is 9.36 Å². The van der Waals surface area contributed by atoms with Gasteiger partial charge >= 0.3 is 5.97 Å². The molecule has 7 nitrogen and oxygen atoms in total. The first-order valence-corrected chi connectivity index (χ1v) is 15.3. The zero-order valence-electron chi connectivity index (χ0n) is 24.4. The lowest BCUT2D eigenvalue weighted by atomic mass is 9.96. The second kappa shape index (κ2) is 12.5. The molecule has 0 spiro atoms. The van der Waals surface area contributed by atoms with E-state index in [1.807, 2.05) is 48.5 Å². The van der Waals surface area contributed by atoms with Crippen LogP contribution in [0.4, 0.5) is 0 Å². The maximum atomic E-state index is 13.9. The number of esters is 1. The van der Waals surface area contributed by atoms with Gasteiger partial charge < -0.3 is 14.2 Å². The number of fused-ring (bicyclic) bond motifs is 2. The maximum absolute atomic E-state index is 13.9. The Labute approximate surface area is 262 Å². The third-order valence-corrected chi connectivity index (χ3v) is 8.69. The molecule has 222 valence electrons. The highest BCUT2D eigenvalue weighted by molar-refractivity contribution is 7.07. The second-order valence-corrected chi connectivity index (χ2v) is 11.6. The Kier molecular flexibility index (Phi) is 8.37. The van der Waals surface area contributed by atoms with Crippen molar-refractivity contribution in [3.63, 3.8) is 0 Å². The fourth-order valence-electron chi connectivity index (χ4n) is 5.37. The fourth-order valence-corrected chi connectivity index (χ4v) is 6.54. The third kappa shape index (κ3) is 5.66. The van der Waals surface area contributed by atoms with Crippen LogP contribution in [0.3, 0.4) is 0 Å². The van der Waals surface area contributed by atoms with Gasteiger partial charge in [-0.2, -0.15) is 0 Å². The minimum atomic E-state index is -0.705. The van der Waals surface area contributed by atoms with Crippen molar-refractivity contribution in [3.05, 3.63) is 138 Å². The summed E-state index contributed by atoms with van der Waals surface area (Å²) in [6.45, 7) is 4.09. The Bertz CT molecular complexity index is 2090. The number of rotatable bonds is 8. The van der Waals surface area contributed by atoms with Crippen LogP contribution in [-0.4, -0.2) is 24.3 Å². The van der Waals surface area contributed by atoms with Crippen molar-refractivity contribution in [1.29, 1.82) is 0 Å². The molecule has 1 aliphatic rings. The first-order chi connectivity index (χ1) is 21.4. The Balaban J connectivity index is 1.36. The largest absolute Gasteiger partial charge is 0.493 e. The number of carbonyl (C=O) groups excluding carboxylic acids is 1. The molecule has 0 amide bonds. The average Bonchev–Trinajstić information content (AvgIpc) is 3.33. The summed E-state index contributed by atoms with van der Waals surface area (Å²) in [5.74, 6) is 0.634. The summed E-state index contributed by atoms with van der Waals surface area (Å²) in [5.41, 5.74) is 3.12. The predicted octanol–water partition coefficient (Wildman–Crippen LogP) is 6.19. The number of ether oxygens (including phenoxy) is 3. The SMILES string of the molecule is CCOC(=O)C1=C(C)N=c2s/c(=C\c3ccc(OCc4cccc5ccccc45)c(OC)c3)c(=O)n2[C@@H]1c1ccc(Cl)cc1. The van der Waals surface area contributed by atoms with E-state index in [-0.39, 0.29) is 12.2 Å². The molecule has 5 aromatic rings. The standard InChI is InChI=1S/C35H29ClN2O5S/c1-4-42-34(40)31-21(2)37-35-38(32(31)24-13-15-26(36)16-14-24)33(39)30(44-35)19-22-12-17-28(29(18-22)41-3)43-20-25-10-7-9-23-8-5-6-11-27(23)25/h5-19,32H,4,20H2,1-3H3/b30-19-/t32-/m1/s1. The summed E-state index contributed by atoms with van der Waals surface area (Å²) >= 11 is 7.41. The summed E-state index contributed by atoms with van der Waals surface area (Å²) in [6, 6.07) is 26.3. The molecule has 0 radical (unpaired) electrons. The van der Waals surface area contributed by atoms with Crippen LogP contribution in [0.5, 0.6) is 11.5 Å². The van der Waals surface area contributed by atoms with Crippen LogP contribution >= 0.6 is 22.9 Å². The Hall–Kier alpha value is -4.66. The minimum absolute atomic E-state index is 0.205. The number of methoxy groups -OCH3 is 1. The molecule has 1 aliphatic heterocycles. The molecule has 1 aromatic heterocycles. The molecule has 0 aliphatic carbocycles. The van der Waals surface area contributed by atoms with E-state index >= 15 is 0 Å². The van der Waals surface area contributed by atoms with Crippen molar-refractivity contribution < 1.29 is 19.0 Å². The van der Waals surface area contributed by atoms with E-state index in [2.05, 4.69) is 29.3 Å². The van der Waals surface area contributed by atoms with E-state index in [1.54, 1.807) is 43.7 Å². The molecule has 0 unspecified atom stereocenters. The summed E-state index contributed by atoms with van der Waals surface area (Å²) in [4.78, 5) is 32.1. The normalized spacial score (nSPS) is 14.7. The first kappa shape index (κ1) is 29.4. The van der Waals surface area contributed by atoms with Crippen LogP contribution in [0.25, 0.3) is 16.8 Å². The summed E-state index contributed by atoms with van der Waals surface area (Å²) < 4.78 is 19.2. The Morgan fingerprint density at radius 3 is 2.57 bits per heavy atom. The second-order valence-electron chi connectivity index (χ2n) is 10.2. The molecule has 9 heteroatoms. The highest BCUT2D eigenvalue weighted by atomic mass is 35.5. The van der Waals surface area contributed by atoms with Crippen LogP contribution in [0.2, 0.25) is 5.02 Å². The lowest BCUT2D eigenvalue weighted by Gasteiger charge is -2.24. The molecular formula is C35H29ClN2O5S. The van der Waals surface area contributed by atoms with Crippen molar-refractivity contribution in [3.8, 4) is 11.5 Å². The van der Waals surface area contributed by atoms with Gasteiger partial charge in [0.2, 0.25) is 0 Å². The molecule has 0 N–H and O–H groups in total. The summed E-state index contributed by atoms with van der Waals surface area (Å²) in [6.07, 6.45) is 1.79. The van der Waals surface area contributed by atoms with E-state index in [1.165, 1.54) is 11.3 Å². The molecule has 6 rings (SSSR count). The van der Waals surface area contributed by atoms with Gasteiger partial charge in [0.25, 0.3) is 5.56 Å². The van der Waals surface area contributed by atoms with Crippen molar-refractivity contribution in [2.45, 2.75) is 26.5 Å². The molecule has 4 aromatic carbocycles. The fraction of sp³-hybridized carbons (Fsp3) is 0.171. The maximum Gasteiger partial charge on any atom is 0.338 e. The van der Waals surface area contributed by atoms with Crippen LogP contribution in [0.15, 0.2) is 106 Å². The van der Waals surface area contributed by atoms with Crippen molar-refractivity contribution in [1.82, 2.24) is 4.57 Å². The van der Waals surface area contributed by atoms with Gasteiger partial charge in [0, 0.05) is 5.02 Å². The Morgan fingerprint density at radius 1 is 1.02 bits per heavy atom. The predicted molar refractivity (Wildman–Crippen MR) is 173 cm³/mol. The van der Waals surface area contributed by atoms with Crippen LogP contribution in [-0.2, 0) is 16.1 Å². The number of thiazole rings is 1. The van der Waals surface area contributed by atoms with E-state index in [0.717, 1.165) is 27.5 Å². The van der Waals surface area contributed by atoms with E-state index in [9.17, 15) is 9.59 Å². The van der Waals surface area contributed by atoms with Crippen LogP contribution in [0.1, 0.15) is 36.6 Å². The van der Waals surface area contributed by atoms with Gasteiger partial charge in [-0.15, -0.1) is 0 Å². The topological polar surface area (TPSA) is 79.1 Å². The average molecular weight is 625 g/mol. The number of nitrogens with zero attached hydrogens (tertiary/aromatic N) is 2. The van der Waals surface area contributed by atoms with Gasteiger partial charge in [0.05, 0.1) is 35.6 Å². The molecule has 2 heterocycles. The molecule has 0 bridgehead atoms. The van der Waals surface area contributed by atoms with Gasteiger partial charge in [0.1, 0.15) is 6.61 Å². The number of hydrogen-bond donors (Lipinski definition) is 0. The molecule has 0 fully saturated rings. The van der Waals surface area contributed by atoms with E-state index in [0.29, 0.717) is 43.7 Å². The zero-order chi connectivity index (χ0) is 30.8. The lowest BCUT2D eigenvalue weighted by molar-refractivity contribution is -0.139. The number of aromatic nitrogens is 1. The number of carbonyl (C=O) groups is 1. The van der Waals surface area contributed by atoms with Crippen molar-refractivity contribution in [2.75, 3.05) is 13.7 Å². The zero-order valence-corrected chi connectivity index (χ0v) is 25.9. The summed E-state index contributed by atoms with van der Waals surface area (Å²) in [5, 5.41) is 2.84. The van der Waals surface area contributed by atoms with Gasteiger partial charge in [-0.05, 0) is 71.7 Å². The van der Waals surface area contributed by atoms with E-state index in [4.69, 9.17) is 25.8 Å². The summed E-state index contributed by atoms with van der Waals surface area (Å²) in [7, 11) is 1.59. The van der Waals surface area contributed by atoms with Crippen LogP contribution < -0.4 is 24.4 Å². The van der Waals surface area contributed by atoms with Gasteiger partial charge in [-0.1, -0.05) is 83.6 Å². The highest BCUT2D eigenvalue weighted by Crippen LogP contribution is 2.32. The number of benzene rings is 4. The van der Waals surface area contributed by atoms with Crippen molar-refractivity contribution >= 4 is 45.8 Å². The monoisotopic (exact) mass is 624 g/mol. The molecule has 0 saturated heterocycles. The Morgan fingerprint density at radius 2 is 1.80 bits per heavy atom. The molecule has 0 saturated carbocycles. The highest BCUT2D eigenvalue weighted by Gasteiger charge is 2.33. The molecular weight excluding hydrogens is 596 g/mol. The van der Waals surface area contributed by atoms with Crippen LogP contribution in [0, 0.1) is 0 Å². The van der Waals surface area contributed by atoms with Crippen molar-refractivity contribution in [2.24, 2.45) is 4.99 Å². The molecule has 1 atom stereocenters. The molecule has 44 heavy (non-hydrogen) atoms. The number of allylic oxidation sites excluding steroid dienone is 1. The first-order valence-electron chi connectivity index (χ1n) is 14.1.